The number of hydrogen-bond donors (Lipinski definition) is 1. The van der Waals surface area contributed by atoms with E-state index in [0.29, 0.717) is 12.8 Å². The maximum Gasteiger partial charge on any atom is 0.407 e. The molecule has 306 valence electrons. The van der Waals surface area contributed by atoms with Crippen molar-refractivity contribution in [2.45, 2.75) is 200 Å². The molecule has 1 fully saturated rings. The molecule has 0 spiro atoms. The van der Waals surface area contributed by atoms with Crippen molar-refractivity contribution < 1.29 is 28.6 Å². The van der Waals surface area contributed by atoms with Crippen LogP contribution in [0.1, 0.15) is 188 Å². The van der Waals surface area contributed by atoms with Crippen molar-refractivity contribution in [3.05, 3.63) is 36.5 Å². The van der Waals surface area contributed by atoms with Gasteiger partial charge in [-0.05, 0) is 77.2 Å². The third kappa shape index (κ3) is 31.4. The number of unbranched alkanes of at least 4 members (excludes halogenated alkanes) is 19. The minimum absolute atomic E-state index is 0.0613. The van der Waals surface area contributed by atoms with Crippen LogP contribution in [-0.2, 0) is 23.8 Å². The molecule has 1 heterocycles. The van der Waals surface area contributed by atoms with Crippen LogP contribution in [0.3, 0.4) is 0 Å². The molecule has 0 bridgehead atoms. The number of nitrogens with zero attached hydrogens (tertiary/aromatic N) is 1. The van der Waals surface area contributed by atoms with Crippen molar-refractivity contribution in [3.63, 3.8) is 0 Å². The van der Waals surface area contributed by atoms with E-state index in [-0.39, 0.29) is 31.2 Å². The summed E-state index contributed by atoms with van der Waals surface area (Å²) in [5.74, 6) is -0.661. The number of carbonyl (C=O) groups is 3. The number of alkyl carbamates (subject to hydrolysis) is 1. The van der Waals surface area contributed by atoms with E-state index in [1.54, 1.807) is 0 Å². The Morgan fingerprint density at radius 1 is 0.566 bits per heavy atom. The molecule has 0 aromatic heterocycles. The molecule has 0 radical (unpaired) electrons. The number of nitrogens with one attached hydrogen (secondary N) is 1. The first-order chi connectivity index (χ1) is 26.0. The van der Waals surface area contributed by atoms with Crippen molar-refractivity contribution in [1.29, 1.82) is 0 Å². The van der Waals surface area contributed by atoms with Crippen LogP contribution < -0.4 is 5.32 Å². The van der Waals surface area contributed by atoms with Gasteiger partial charge in [0, 0.05) is 25.9 Å². The molecule has 1 aliphatic rings. The molecule has 0 saturated carbocycles. The van der Waals surface area contributed by atoms with Crippen LogP contribution in [0.4, 0.5) is 4.79 Å². The summed E-state index contributed by atoms with van der Waals surface area (Å²) in [5, 5.41) is 2.85. The summed E-state index contributed by atoms with van der Waals surface area (Å²) >= 11 is 0. The third-order valence-corrected chi connectivity index (χ3v) is 9.83. The highest BCUT2D eigenvalue weighted by molar-refractivity contribution is 5.70. The molecule has 0 aromatic carbocycles. The van der Waals surface area contributed by atoms with Crippen LogP contribution in [0.5, 0.6) is 0 Å². The van der Waals surface area contributed by atoms with Crippen molar-refractivity contribution in [2.75, 3.05) is 32.8 Å². The standard InChI is InChI=1S/C45H80N2O6/c1-4-7-9-11-13-15-17-19-21-23-25-27-29-31-33-35-43(48)51-39-42(40-52-45(50)46-41-37-47(6-3)38-41)53-44(49)36-34-32-30-28-26-24-22-20-18-16-14-12-10-8-5-2/h13,15,19-22,41-42H,4-12,14,16-18,23-40H2,1-3H3,(H,46,50)/b15-13-,21-19-,22-20-. The molecular weight excluding hydrogens is 665 g/mol. The van der Waals surface area contributed by atoms with Crippen molar-refractivity contribution in [3.8, 4) is 0 Å². The number of amides is 1. The Morgan fingerprint density at radius 2 is 1.00 bits per heavy atom. The van der Waals surface area contributed by atoms with Gasteiger partial charge in [-0.1, -0.05) is 141 Å². The van der Waals surface area contributed by atoms with Crippen LogP contribution in [0.25, 0.3) is 0 Å². The quantitative estimate of drug-likeness (QED) is 0.0295. The Kier molecular flexibility index (Phi) is 33.2. The topological polar surface area (TPSA) is 94.2 Å². The Labute approximate surface area is 325 Å². The van der Waals surface area contributed by atoms with E-state index in [1.807, 2.05) is 0 Å². The largest absolute Gasteiger partial charge is 0.462 e. The van der Waals surface area contributed by atoms with E-state index in [4.69, 9.17) is 14.2 Å². The van der Waals surface area contributed by atoms with Crippen LogP contribution in [-0.4, -0.2) is 67.9 Å². The van der Waals surface area contributed by atoms with E-state index in [9.17, 15) is 14.4 Å². The number of allylic oxidation sites excluding steroid dienone is 6. The lowest BCUT2D eigenvalue weighted by Gasteiger charge is -2.38. The van der Waals surface area contributed by atoms with Gasteiger partial charge in [-0.15, -0.1) is 0 Å². The van der Waals surface area contributed by atoms with Gasteiger partial charge in [-0.3, -0.25) is 14.5 Å². The van der Waals surface area contributed by atoms with E-state index < -0.39 is 12.2 Å². The van der Waals surface area contributed by atoms with Gasteiger partial charge in [0.15, 0.2) is 6.10 Å². The summed E-state index contributed by atoms with van der Waals surface area (Å²) in [5.41, 5.74) is 0. The van der Waals surface area contributed by atoms with E-state index in [0.717, 1.165) is 96.7 Å². The number of hydrogen-bond acceptors (Lipinski definition) is 7. The second-order valence-corrected chi connectivity index (χ2v) is 14.9. The molecule has 8 heteroatoms. The monoisotopic (exact) mass is 745 g/mol. The lowest BCUT2D eigenvalue weighted by atomic mass is 10.1. The van der Waals surface area contributed by atoms with Crippen molar-refractivity contribution >= 4 is 18.0 Å². The molecule has 1 rings (SSSR count). The minimum atomic E-state index is -0.821. The van der Waals surface area contributed by atoms with E-state index in [1.165, 1.54) is 77.0 Å². The maximum atomic E-state index is 12.7. The zero-order valence-electron chi connectivity index (χ0n) is 34.4. The second-order valence-electron chi connectivity index (χ2n) is 14.9. The van der Waals surface area contributed by atoms with Crippen molar-refractivity contribution in [2.24, 2.45) is 0 Å². The summed E-state index contributed by atoms with van der Waals surface area (Å²) < 4.78 is 16.5. The number of ether oxygens (including phenoxy) is 3. The fraction of sp³-hybridized carbons (Fsp3) is 0.800. The third-order valence-electron chi connectivity index (χ3n) is 9.83. The summed E-state index contributed by atoms with van der Waals surface area (Å²) in [6.45, 7) is 8.86. The molecule has 1 amide bonds. The molecule has 53 heavy (non-hydrogen) atoms. The molecule has 1 aliphatic heterocycles. The minimum Gasteiger partial charge on any atom is -0.462 e. The van der Waals surface area contributed by atoms with Gasteiger partial charge in [-0.2, -0.15) is 0 Å². The lowest BCUT2D eigenvalue weighted by Crippen LogP contribution is -2.59. The molecule has 0 aromatic rings. The lowest BCUT2D eigenvalue weighted by molar-refractivity contribution is -0.161. The summed E-state index contributed by atoms with van der Waals surface area (Å²) in [6, 6.07) is 0.0613. The van der Waals surface area contributed by atoms with Gasteiger partial charge in [0.2, 0.25) is 0 Å². The van der Waals surface area contributed by atoms with Crippen LogP contribution in [0.15, 0.2) is 36.5 Å². The molecule has 1 unspecified atom stereocenters. The highest BCUT2D eigenvalue weighted by Gasteiger charge is 2.27. The molecule has 0 aliphatic carbocycles. The first-order valence-corrected chi connectivity index (χ1v) is 21.9. The molecule has 1 N–H and O–H groups in total. The van der Waals surface area contributed by atoms with Gasteiger partial charge >= 0.3 is 18.0 Å². The number of rotatable bonds is 36. The predicted molar refractivity (Wildman–Crippen MR) is 220 cm³/mol. The Bertz CT molecular complexity index is 974. The first-order valence-electron chi connectivity index (χ1n) is 21.9. The molecule has 8 nitrogen and oxygen atoms in total. The second kappa shape index (κ2) is 36.4. The van der Waals surface area contributed by atoms with E-state index in [2.05, 4.69) is 67.4 Å². The Morgan fingerprint density at radius 3 is 1.55 bits per heavy atom. The highest BCUT2D eigenvalue weighted by Crippen LogP contribution is 2.13. The summed E-state index contributed by atoms with van der Waals surface area (Å²) in [6.07, 6.45) is 40.8. The zero-order chi connectivity index (χ0) is 38.5. The molecule has 1 saturated heterocycles. The predicted octanol–water partition coefficient (Wildman–Crippen LogP) is 11.7. The van der Waals surface area contributed by atoms with Gasteiger partial charge in [0.25, 0.3) is 0 Å². The number of likely N-dealkylation sites (tertiary alicyclic amines) is 1. The average molecular weight is 745 g/mol. The number of esters is 2. The smallest absolute Gasteiger partial charge is 0.407 e. The molecule has 1 atom stereocenters. The zero-order valence-corrected chi connectivity index (χ0v) is 34.4. The van der Waals surface area contributed by atoms with Crippen LogP contribution in [0, 0.1) is 0 Å². The van der Waals surface area contributed by atoms with Gasteiger partial charge < -0.3 is 19.5 Å². The van der Waals surface area contributed by atoms with Crippen LogP contribution in [0.2, 0.25) is 0 Å². The summed E-state index contributed by atoms with van der Waals surface area (Å²) in [4.78, 5) is 39.7. The fourth-order valence-corrected chi connectivity index (χ4v) is 6.34. The SMILES string of the molecule is CCCCC/C=C\C/C=C\CCCCCCCC(=O)OCC(COC(=O)NC1CN(CC)C1)OC(=O)CCCCCCC/C=C\CCCCCCCC. The Balaban J connectivity index is 2.23. The van der Waals surface area contributed by atoms with Gasteiger partial charge in [0.1, 0.15) is 13.2 Å². The van der Waals surface area contributed by atoms with Crippen molar-refractivity contribution in [1.82, 2.24) is 10.2 Å². The fourth-order valence-electron chi connectivity index (χ4n) is 6.34. The number of carbonyl (C=O) groups excluding carboxylic acids is 3. The maximum absolute atomic E-state index is 12.7. The highest BCUT2D eigenvalue weighted by atomic mass is 16.6. The van der Waals surface area contributed by atoms with Gasteiger partial charge in [-0.25, -0.2) is 4.79 Å². The Hall–Kier alpha value is -2.61. The average Bonchev–Trinajstić information content (AvgIpc) is 3.13. The number of likely N-dealkylation sites (N-methyl/N-ethyl adjacent to an activating group) is 1. The van der Waals surface area contributed by atoms with Gasteiger partial charge in [0.05, 0.1) is 6.04 Å². The van der Waals surface area contributed by atoms with Crippen LogP contribution >= 0.6 is 0 Å². The summed E-state index contributed by atoms with van der Waals surface area (Å²) in [7, 11) is 0. The van der Waals surface area contributed by atoms with E-state index >= 15 is 0 Å². The normalized spacial score (nSPS) is 14.2. The first kappa shape index (κ1) is 48.4. The molecular formula is C45H80N2O6.